The van der Waals surface area contributed by atoms with Crippen molar-refractivity contribution in [2.45, 2.75) is 70.6 Å². The summed E-state index contributed by atoms with van der Waals surface area (Å²) < 4.78 is 17.6. The Morgan fingerprint density at radius 3 is 2.72 bits per heavy atom. The summed E-state index contributed by atoms with van der Waals surface area (Å²) in [6, 6.07) is 4.00. The van der Waals surface area contributed by atoms with Gasteiger partial charge in [-0.25, -0.2) is 4.79 Å². The summed E-state index contributed by atoms with van der Waals surface area (Å²) in [4.78, 5) is 25.8. The standard InChI is InChI=1S/C25H30O7/c1-6-11(2)22(27)32-19-18-14(5)21(26)25(29)20-17-13(4)8-7-12(3)15(17)9-16(31-23(19)28)24(18,20)10-30-25/h7-8,11,16,18-21,26,29H,5-6,9-10H2,1-4H3/t11-,16-,18-,19-,20-,21-,24+,25-/m1/s1. The van der Waals surface area contributed by atoms with Crippen molar-refractivity contribution in [2.75, 3.05) is 6.61 Å². The smallest absolute Gasteiger partial charge is 0.348 e. The van der Waals surface area contributed by atoms with Gasteiger partial charge in [-0.3, -0.25) is 4.79 Å². The summed E-state index contributed by atoms with van der Waals surface area (Å²) in [6.07, 6.45) is -2.23. The normalized spacial score (nSPS) is 40.2. The van der Waals surface area contributed by atoms with Gasteiger partial charge in [-0.2, -0.15) is 0 Å². The van der Waals surface area contributed by atoms with Crippen molar-refractivity contribution in [3.63, 3.8) is 0 Å². The number of hydrogen-bond donors (Lipinski definition) is 2. The molecule has 1 aromatic carbocycles. The molecule has 4 aliphatic rings. The number of rotatable bonds is 3. The van der Waals surface area contributed by atoms with Gasteiger partial charge in [-0.05, 0) is 48.1 Å². The Bertz CT molecular complexity index is 1030. The molecule has 1 spiro atoms. The number of carbonyl (C=O) groups is 2. The van der Waals surface area contributed by atoms with E-state index < -0.39 is 53.3 Å². The van der Waals surface area contributed by atoms with Crippen LogP contribution in [0.15, 0.2) is 24.3 Å². The van der Waals surface area contributed by atoms with E-state index in [0.29, 0.717) is 12.8 Å². The largest absolute Gasteiger partial charge is 0.459 e. The fourth-order valence-corrected chi connectivity index (χ4v) is 6.47. The molecule has 0 unspecified atom stereocenters. The molecule has 7 heteroatoms. The maximum absolute atomic E-state index is 13.1. The lowest BCUT2D eigenvalue weighted by Gasteiger charge is -2.59. The van der Waals surface area contributed by atoms with E-state index in [0.717, 1.165) is 22.3 Å². The Labute approximate surface area is 187 Å². The molecule has 8 atom stereocenters. The van der Waals surface area contributed by atoms with E-state index in [4.69, 9.17) is 14.2 Å². The van der Waals surface area contributed by atoms with E-state index >= 15 is 0 Å². The quantitative estimate of drug-likeness (QED) is 0.546. The SMILES string of the molecule is C=C1[C@@H](O)[C@]2(O)OC[C@@]34[C@H]1[C@@H](OC(=O)[C@H](C)CC)C(=O)O[C@@H]3Cc1c(C)ccc(C)c1[C@@H]24. The molecular formula is C25H30O7. The first kappa shape index (κ1) is 21.6. The van der Waals surface area contributed by atoms with Crippen LogP contribution in [0.4, 0.5) is 0 Å². The molecule has 7 nitrogen and oxygen atoms in total. The van der Waals surface area contributed by atoms with E-state index in [1.165, 1.54) is 0 Å². The van der Waals surface area contributed by atoms with Crippen molar-refractivity contribution in [1.82, 2.24) is 0 Å². The van der Waals surface area contributed by atoms with Gasteiger partial charge in [0.2, 0.25) is 11.9 Å². The zero-order valence-electron chi connectivity index (χ0n) is 18.9. The third-order valence-electron chi connectivity index (χ3n) is 8.36. The number of benzene rings is 1. The van der Waals surface area contributed by atoms with Gasteiger partial charge in [-0.1, -0.05) is 32.6 Å². The van der Waals surface area contributed by atoms with Crippen LogP contribution in [0, 0.1) is 31.1 Å². The Morgan fingerprint density at radius 1 is 1.34 bits per heavy atom. The Kier molecular flexibility index (Phi) is 4.65. The monoisotopic (exact) mass is 442 g/mol. The molecule has 2 heterocycles. The van der Waals surface area contributed by atoms with E-state index in [1.54, 1.807) is 6.92 Å². The minimum Gasteiger partial charge on any atom is -0.459 e. The van der Waals surface area contributed by atoms with Gasteiger partial charge in [-0.15, -0.1) is 0 Å². The summed E-state index contributed by atoms with van der Waals surface area (Å²) in [6.45, 7) is 11.7. The average molecular weight is 443 g/mol. The van der Waals surface area contributed by atoms with Crippen molar-refractivity contribution in [2.24, 2.45) is 17.3 Å². The van der Waals surface area contributed by atoms with E-state index in [1.807, 2.05) is 32.9 Å². The summed E-state index contributed by atoms with van der Waals surface area (Å²) in [5.41, 5.74) is 3.29. The van der Waals surface area contributed by atoms with Gasteiger partial charge in [0.1, 0.15) is 12.2 Å². The predicted octanol–water partition coefficient (Wildman–Crippen LogP) is 2.08. The van der Waals surface area contributed by atoms with Crippen LogP contribution in [0.2, 0.25) is 0 Å². The molecule has 3 fully saturated rings. The zero-order chi connectivity index (χ0) is 23.2. The first-order chi connectivity index (χ1) is 15.1. The summed E-state index contributed by atoms with van der Waals surface area (Å²) in [5, 5.41) is 22.8. The van der Waals surface area contributed by atoms with Crippen molar-refractivity contribution >= 4 is 11.9 Å². The van der Waals surface area contributed by atoms with Crippen molar-refractivity contribution < 1.29 is 34.0 Å². The minimum absolute atomic E-state index is 0.0665. The van der Waals surface area contributed by atoms with Gasteiger partial charge in [0.05, 0.1) is 23.9 Å². The van der Waals surface area contributed by atoms with Gasteiger partial charge in [0, 0.05) is 12.3 Å². The van der Waals surface area contributed by atoms with Gasteiger partial charge >= 0.3 is 11.9 Å². The van der Waals surface area contributed by atoms with Gasteiger partial charge < -0.3 is 24.4 Å². The molecule has 32 heavy (non-hydrogen) atoms. The molecule has 0 amide bonds. The maximum atomic E-state index is 13.1. The number of aliphatic hydroxyl groups excluding tert-OH is 1. The molecule has 2 N–H and O–H groups in total. The van der Waals surface area contributed by atoms with Crippen LogP contribution in [0.5, 0.6) is 0 Å². The lowest BCUT2D eigenvalue weighted by Crippen LogP contribution is -2.69. The maximum Gasteiger partial charge on any atom is 0.348 e. The lowest BCUT2D eigenvalue weighted by atomic mass is 9.47. The molecule has 2 saturated heterocycles. The summed E-state index contributed by atoms with van der Waals surface area (Å²) >= 11 is 0. The highest BCUT2D eigenvalue weighted by Crippen LogP contribution is 2.69. The van der Waals surface area contributed by atoms with Crippen LogP contribution in [0.25, 0.3) is 0 Å². The minimum atomic E-state index is -1.89. The number of fused-ring (bicyclic) bond motifs is 1. The highest BCUT2D eigenvalue weighted by atomic mass is 16.7. The van der Waals surface area contributed by atoms with Crippen LogP contribution in [-0.2, 0) is 30.2 Å². The Morgan fingerprint density at radius 2 is 2.03 bits per heavy atom. The molecule has 2 aliphatic heterocycles. The molecule has 2 bridgehead atoms. The first-order valence-electron chi connectivity index (χ1n) is 11.3. The molecule has 1 saturated carbocycles. The zero-order valence-corrected chi connectivity index (χ0v) is 18.9. The average Bonchev–Trinajstić information content (AvgIpc) is 3.04. The highest BCUT2D eigenvalue weighted by molar-refractivity contribution is 5.82. The molecule has 2 aliphatic carbocycles. The number of carbonyl (C=O) groups excluding carboxylic acids is 2. The Balaban J connectivity index is 1.71. The highest BCUT2D eigenvalue weighted by Gasteiger charge is 2.78. The number of aryl methyl sites for hydroxylation is 2. The van der Waals surface area contributed by atoms with Crippen LogP contribution in [0.1, 0.15) is 48.4 Å². The Hall–Kier alpha value is -2.22. The van der Waals surface area contributed by atoms with E-state index in [9.17, 15) is 19.8 Å². The molecular weight excluding hydrogens is 412 g/mol. The third kappa shape index (κ3) is 2.47. The van der Waals surface area contributed by atoms with Crippen molar-refractivity contribution in [3.8, 4) is 0 Å². The number of esters is 2. The molecule has 172 valence electrons. The van der Waals surface area contributed by atoms with Gasteiger partial charge in [0.15, 0.2) is 0 Å². The van der Waals surface area contributed by atoms with Crippen LogP contribution >= 0.6 is 0 Å². The number of hydrogen-bond acceptors (Lipinski definition) is 7. The summed E-state index contributed by atoms with van der Waals surface area (Å²) in [7, 11) is 0. The number of aliphatic hydroxyl groups is 2. The lowest BCUT2D eigenvalue weighted by molar-refractivity contribution is -0.247. The van der Waals surface area contributed by atoms with Crippen molar-refractivity contribution in [1.29, 1.82) is 0 Å². The predicted molar refractivity (Wildman–Crippen MR) is 114 cm³/mol. The molecule has 0 aromatic heterocycles. The first-order valence-corrected chi connectivity index (χ1v) is 11.3. The van der Waals surface area contributed by atoms with E-state index in [-0.39, 0.29) is 18.1 Å². The van der Waals surface area contributed by atoms with E-state index in [2.05, 4.69) is 6.58 Å². The fourth-order valence-electron chi connectivity index (χ4n) is 6.47. The second kappa shape index (κ2) is 6.89. The second-order valence-electron chi connectivity index (χ2n) is 9.93. The van der Waals surface area contributed by atoms with Crippen LogP contribution in [0.3, 0.4) is 0 Å². The van der Waals surface area contributed by atoms with Crippen LogP contribution < -0.4 is 0 Å². The molecule has 5 rings (SSSR count). The van der Waals surface area contributed by atoms with Gasteiger partial charge in [0.25, 0.3) is 0 Å². The second-order valence-corrected chi connectivity index (χ2v) is 9.93. The molecule has 1 aromatic rings. The number of ether oxygens (including phenoxy) is 3. The fraction of sp³-hybridized carbons (Fsp3) is 0.600. The topological polar surface area (TPSA) is 102 Å². The van der Waals surface area contributed by atoms with Crippen molar-refractivity contribution in [3.05, 3.63) is 46.5 Å². The molecule has 0 radical (unpaired) electrons. The summed E-state index contributed by atoms with van der Waals surface area (Å²) in [5.74, 6) is -4.78. The third-order valence-corrected chi connectivity index (χ3v) is 8.36. The van der Waals surface area contributed by atoms with Crippen LogP contribution in [-0.4, -0.2) is 52.9 Å².